The fourth-order valence-corrected chi connectivity index (χ4v) is 1.96. The first kappa shape index (κ1) is 13.0. The Hall–Kier alpha value is -2.44. The second kappa shape index (κ2) is 5.05. The predicted octanol–water partition coefficient (Wildman–Crippen LogP) is 1.82. The highest BCUT2D eigenvalue weighted by atomic mass is 16.6. The number of hydrogen-bond acceptors (Lipinski definition) is 4. The third-order valence-electron chi connectivity index (χ3n) is 2.99. The minimum Gasteiger partial charge on any atom is -0.334 e. The standard InChI is InChI=1S/C12H13N3O4/c1-2-8-6-11(16)14(12(17)13-8)9-4-3-5-10(7-9)15(18)19/h3-5,7-8H,2,6H2,1H3,(H,13,17). The van der Waals surface area contributed by atoms with Gasteiger partial charge in [-0.2, -0.15) is 0 Å². The SMILES string of the molecule is CCC1CC(=O)N(c2cccc([N+](=O)[O-])c2)C(=O)N1. The Labute approximate surface area is 109 Å². The van der Waals surface area contributed by atoms with Gasteiger partial charge in [0.25, 0.3) is 5.69 Å². The summed E-state index contributed by atoms with van der Waals surface area (Å²) in [6.45, 7) is 1.88. The number of carbonyl (C=O) groups excluding carboxylic acids is 2. The Kier molecular flexibility index (Phi) is 3.46. The maximum atomic E-state index is 12.0. The third kappa shape index (κ3) is 2.54. The van der Waals surface area contributed by atoms with E-state index in [-0.39, 0.29) is 29.7 Å². The van der Waals surface area contributed by atoms with Gasteiger partial charge in [-0.25, -0.2) is 9.69 Å². The summed E-state index contributed by atoms with van der Waals surface area (Å²) in [6, 6.07) is 4.75. The van der Waals surface area contributed by atoms with Gasteiger partial charge in [-0.3, -0.25) is 14.9 Å². The highest BCUT2D eigenvalue weighted by molar-refractivity contribution is 6.16. The van der Waals surface area contributed by atoms with E-state index in [4.69, 9.17) is 0 Å². The van der Waals surface area contributed by atoms with Crippen molar-refractivity contribution in [3.63, 3.8) is 0 Å². The van der Waals surface area contributed by atoms with Crippen molar-refractivity contribution in [1.82, 2.24) is 5.32 Å². The number of rotatable bonds is 3. The van der Waals surface area contributed by atoms with Crippen LogP contribution in [-0.4, -0.2) is 22.9 Å². The number of amides is 3. The summed E-state index contributed by atoms with van der Waals surface area (Å²) < 4.78 is 0. The van der Waals surface area contributed by atoms with E-state index in [1.807, 2.05) is 6.92 Å². The van der Waals surface area contributed by atoms with Crippen molar-refractivity contribution >= 4 is 23.3 Å². The zero-order chi connectivity index (χ0) is 14.0. The molecule has 1 aromatic carbocycles. The van der Waals surface area contributed by atoms with Crippen molar-refractivity contribution in [2.75, 3.05) is 4.90 Å². The maximum absolute atomic E-state index is 12.0. The topological polar surface area (TPSA) is 92.6 Å². The van der Waals surface area contributed by atoms with Crippen LogP contribution in [0.2, 0.25) is 0 Å². The third-order valence-corrected chi connectivity index (χ3v) is 2.99. The van der Waals surface area contributed by atoms with Crippen LogP contribution in [0.3, 0.4) is 0 Å². The molecule has 100 valence electrons. The quantitative estimate of drug-likeness (QED) is 0.665. The molecule has 19 heavy (non-hydrogen) atoms. The number of nitro groups is 1. The molecule has 1 aliphatic rings. The zero-order valence-corrected chi connectivity index (χ0v) is 10.3. The highest BCUT2D eigenvalue weighted by Crippen LogP contribution is 2.24. The fourth-order valence-electron chi connectivity index (χ4n) is 1.96. The van der Waals surface area contributed by atoms with Gasteiger partial charge in [0.2, 0.25) is 5.91 Å². The van der Waals surface area contributed by atoms with Crippen LogP contribution in [0.4, 0.5) is 16.2 Å². The van der Waals surface area contributed by atoms with Gasteiger partial charge < -0.3 is 5.32 Å². The molecule has 1 unspecified atom stereocenters. The molecule has 2 rings (SSSR count). The second-order valence-corrected chi connectivity index (χ2v) is 4.26. The van der Waals surface area contributed by atoms with E-state index < -0.39 is 11.0 Å². The van der Waals surface area contributed by atoms with Gasteiger partial charge in [0.15, 0.2) is 0 Å². The van der Waals surface area contributed by atoms with Crippen molar-refractivity contribution in [3.8, 4) is 0 Å². The van der Waals surface area contributed by atoms with Gasteiger partial charge in [-0.05, 0) is 12.5 Å². The first-order chi connectivity index (χ1) is 9.02. The number of imide groups is 1. The van der Waals surface area contributed by atoms with Gasteiger partial charge in [0.05, 0.1) is 10.6 Å². The van der Waals surface area contributed by atoms with E-state index in [9.17, 15) is 19.7 Å². The average molecular weight is 263 g/mol. The Balaban J connectivity index is 2.31. The molecule has 0 aliphatic carbocycles. The number of benzene rings is 1. The largest absolute Gasteiger partial charge is 0.334 e. The molecular formula is C12H13N3O4. The lowest BCUT2D eigenvalue weighted by Gasteiger charge is -2.30. The van der Waals surface area contributed by atoms with Crippen LogP contribution in [0, 0.1) is 10.1 Å². The molecule has 7 nitrogen and oxygen atoms in total. The zero-order valence-electron chi connectivity index (χ0n) is 10.3. The Morgan fingerprint density at radius 3 is 2.79 bits per heavy atom. The summed E-state index contributed by atoms with van der Waals surface area (Å²) in [7, 11) is 0. The molecule has 0 aromatic heterocycles. The average Bonchev–Trinajstić information content (AvgIpc) is 2.38. The lowest BCUT2D eigenvalue weighted by Crippen LogP contribution is -2.54. The summed E-state index contributed by atoms with van der Waals surface area (Å²) in [5.74, 6) is -0.351. The number of non-ortho nitro benzene ring substituents is 1. The summed E-state index contributed by atoms with van der Waals surface area (Å²) in [4.78, 5) is 34.9. The summed E-state index contributed by atoms with van der Waals surface area (Å²) in [6.07, 6.45) is 0.866. The van der Waals surface area contributed by atoms with Crippen LogP contribution < -0.4 is 10.2 Å². The van der Waals surface area contributed by atoms with Crippen LogP contribution in [0.5, 0.6) is 0 Å². The summed E-state index contributed by atoms with van der Waals surface area (Å²) in [5.41, 5.74) is 0.0574. The first-order valence-corrected chi connectivity index (χ1v) is 5.91. The molecule has 1 atom stereocenters. The first-order valence-electron chi connectivity index (χ1n) is 5.91. The molecule has 1 heterocycles. The van der Waals surface area contributed by atoms with Crippen molar-refractivity contribution in [1.29, 1.82) is 0 Å². The molecule has 1 N–H and O–H groups in total. The Morgan fingerprint density at radius 1 is 1.47 bits per heavy atom. The smallest absolute Gasteiger partial charge is 0.328 e. The molecule has 0 spiro atoms. The van der Waals surface area contributed by atoms with Crippen molar-refractivity contribution in [2.45, 2.75) is 25.8 Å². The van der Waals surface area contributed by atoms with Crippen LogP contribution >= 0.6 is 0 Å². The molecular weight excluding hydrogens is 250 g/mol. The summed E-state index contributed by atoms with van der Waals surface area (Å²) >= 11 is 0. The number of nitrogens with zero attached hydrogens (tertiary/aromatic N) is 2. The minimum atomic E-state index is -0.565. The number of anilines is 1. The van der Waals surface area contributed by atoms with Crippen LogP contribution in [-0.2, 0) is 4.79 Å². The van der Waals surface area contributed by atoms with E-state index in [1.165, 1.54) is 24.3 Å². The van der Waals surface area contributed by atoms with E-state index >= 15 is 0 Å². The molecule has 1 aromatic rings. The molecule has 7 heteroatoms. The minimum absolute atomic E-state index is 0.157. The highest BCUT2D eigenvalue weighted by Gasteiger charge is 2.32. The van der Waals surface area contributed by atoms with Crippen molar-refractivity contribution < 1.29 is 14.5 Å². The normalized spacial score (nSPS) is 19.2. The van der Waals surface area contributed by atoms with Crippen LogP contribution in [0.1, 0.15) is 19.8 Å². The number of carbonyl (C=O) groups is 2. The number of urea groups is 1. The maximum Gasteiger partial charge on any atom is 0.328 e. The van der Waals surface area contributed by atoms with Gasteiger partial charge in [-0.15, -0.1) is 0 Å². The molecule has 3 amide bonds. The number of hydrogen-bond donors (Lipinski definition) is 1. The number of nitrogens with one attached hydrogen (secondary N) is 1. The fraction of sp³-hybridized carbons (Fsp3) is 0.333. The molecule has 1 saturated heterocycles. The molecule has 1 aliphatic heterocycles. The van der Waals surface area contributed by atoms with Gasteiger partial charge in [0, 0.05) is 24.6 Å². The lowest BCUT2D eigenvalue weighted by molar-refractivity contribution is -0.384. The summed E-state index contributed by atoms with van der Waals surface area (Å²) in [5, 5.41) is 13.4. The van der Waals surface area contributed by atoms with Gasteiger partial charge >= 0.3 is 6.03 Å². The van der Waals surface area contributed by atoms with Gasteiger partial charge in [-0.1, -0.05) is 13.0 Å². The Bertz CT molecular complexity index is 526. The Morgan fingerprint density at radius 2 is 2.21 bits per heavy atom. The number of nitro benzene ring substituents is 1. The monoisotopic (exact) mass is 263 g/mol. The van der Waals surface area contributed by atoms with E-state index in [0.29, 0.717) is 6.42 Å². The van der Waals surface area contributed by atoms with Crippen LogP contribution in [0.15, 0.2) is 24.3 Å². The van der Waals surface area contributed by atoms with Gasteiger partial charge in [0.1, 0.15) is 0 Å². The van der Waals surface area contributed by atoms with Crippen molar-refractivity contribution in [2.24, 2.45) is 0 Å². The lowest BCUT2D eigenvalue weighted by atomic mass is 10.1. The van der Waals surface area contributed by atoms with E-state index in [1.54, 1.807) is 0 Å². The van der Waals surface area contributed by atoms with Crippen LogP contribution in [0.25, 0.3) is 0 Å². The molecule has 1 fully saturated rings. The molecule has 0 saturated carbocycles. The van der Waals surface area contributed by atoms with E-state index in [0.717, 1.165) is 4.90 Å². The predicted molar refractivity (Wildman–Crippen MR) is 67.8 cm³/mol. The molecule has 0 bridgehead atoms. The molecule has 0 radical (unpaired) electrons. The van der Waals surface area contributed by atoms with Crippen molar-refractivity contribution in [3.05, 3.63) is 34.4 Å². The van der Waals surface area contributed by atoms with E-state index in [2.05, 4.69) is 5.32 Å². The second-order valence-electron chi connectivity index (χ2n) is 4.26.